The van der Waals surface area contributed by atoms with Crippen LogP contribution in [0.1, 0.15) is 54.8 Å². The van der Waals surface area contributed by atoms with E-state index in [4.69, 9.17) is 9.26 Å². The molecular formula is C16H23N3O4. The zero-order chi connectivity index (χ0) is 16.2. The van der Waals surface area contributed by atoms with Gasteiger partial charge in [0.05, 0.1) is 6.61 Å². The van der Waals surface area contributed by atoms with E-state index in [0.29, 0.717) is 12.5 Å². The predicted molar refractivity (Wildman–Crippen MR) is 82.0 cm³/mol. The number of nitrogens with one attached hydrogen (secondary N) is 2. The number of piperidine rings is 1. The Morgan fingerprint density at radius 3 is 2.78 bits per heavy atom. The van der Waals surface area contributed by atoms with Crippen LogP contribution in [0, 0.1) is 5.92 Å². The molecule has 7 heteroatoms. The molecule has 1 saturated heterocycles. The lowest BCUT2D eigenvalue weighted by Crippen LogP contribution is -2.49. The van der Waals surface area contributed by atoms with Gasteiger partial charge >= 0.3 is 5.97 Å². The fourth-order valence-electron chi connectivity index (χ4n) is 2.95. The maximum Gasteiger partial charge on any atom is 0.328 e. The van der Waals surface area contributed by atoms with Gasteiger partial charge in [0.15, 0.2) is 5.69 Å². The average Bonchev–Trinajstić information content (AvgIpc) is 3.30. The van der Waals surface area contributed by atoms with Crippen LogP contribution >= 0.6 is 0 Å². The molecule has 3 rings (SSSR count). The van der Waals surface area contributed by atoms with Gasteiger partial charge in [0.2, 0.25) is 0 Å². The van der Waals surface area contributed by atoms with E-state index in [1.54, 1.807) is 13.0 Å². The quantitative estimate of drug-likeness (QED) is 0.765. The maximum absolute atomic E-state index is 12.4. The van der Waals surface area contributed by atoms with Crippen molar-refractivity contribution >= 4 is 11.9 Å². The second-order valence-electron chi connectivity index (χ2n) is 6.18. The molecule has 1 aliphatic heterocycles. The van der Waals surface area contributed by atoms with Gasteiger partial charge in [-0.3, -0.25) is 4.79 Å². The molecule has 1 aromatic heterocycles. The molecule has 0 spiro atoms. The first-order valence-electron chi connectivity index (χ1n) is 8.34. The van der Waals surface area contributed by atoms with Crippen LogP contribution in [0.5, 0.6) is 0 Å². The van der Waals surface area contributed by atoms with Crippen LogP contribution in [0.3, 0.4) is 0 Å². The number of aromatic nitrogens is 1. The maximum atomic E-state index is 12.4. The molecule has 2 aliphatic rings. The second-order valence-corrected chi connectivity index (χ2v) is 6.18. The SMILES string of the molecule is CCOC(=O)C(NC(=O)c1cc(C2CC2)on1)C1CCNCC1. The van der Waals surface area contributed by atoms with Gasteiger partial charge in [-0.05, 0) is 51.6 Å². The van der Waals surface area contributed by atoms with Gasteiger partial charge in [-0.1, -0.05) is 5.16 Å². The first kappa shape index (κ1) is 16.0. The molecule has 0 radical (unpaired) electrons. The van der Waals surface area contributed by atoms with Crippen molar-refractivity contribution in [2.45, 2.75) is 44.6 Å². The van der Waals surface area contributed by atoms with E-state index >= 15 is 0 Å². The van der Waals surface area contributed by atoms with E-state index in [9.17, 15) is 9.59 Å². The Morgan fingerprint density at radius 2 is 2.13 bits per heavy atom. The molecule has 23 heavy (non-hydrogen) atoms. The summed E-state index contributed by atoms with van der Waals surface area (Å²) in [5.41, 5.74) is 0.232. The van der Waals surface area contributed by atoms with Crippen LogP contribution < -0.4 is 10.6 Å². The number of rotatable bonds is 6. The summed E-state index contributed by atoms with van der Waals surface area (Å²) in [7, 11) is 0. The molecule has 0 bridgehead atoms. The number of ether oxygens (including phenoxy) is 1. The molecule has 1 unspecified atom stereocenters. The Labute approximate surface area is 135 Å². The highest BCUT2D eigenvalue weighted by Crippen LogP contribution is 2.40. The Morgan fingerprint density at radius 1 is 1.39 bits per heavy atom. The third kappa shape index (κ3) is 3.90. The Bertz CT molecular complexity index is 561. The third-order valence-electron chi connectivity index (χ3n) is 4.42. The number of hydrogen-bond acceptors (Lipinski definition) is 6. The summed E-state index contributed by atoms with van der Waals surface area (Å²) in [6.07, 6.45) is 3.82. The van der Waals surface area contributed by atoms with E-state index in [2.05, 4.69) is 15.8 Å². The fourth-order valence-corrected chi connectivity index (χ4v) is 2.95. The number of carbonyl (C=O) groups is 2. The normalized spacial score (nSPS) is 20.0. The summed E-state index contributed by atoms with van der Waals surface area (Å²) in [6, 6.07) is 1.04. The lowest BCUT2D eigenvalue weighted by Gasteiger charge is -2.29. The van der Waals surface area contributed by atoms with Crippen LogP contribution in [0.15, 0.2) is 10.6 Å². The van der Waals surface area contributed by atoms with Crippen LogP contribution in [-0.2, 0) is 9.53 Å². The van der Waals surface area contributed by atoms with Crippen molar-refractivity contribution in [2.75, 3.05) is 19.7 Å². The third-order valence-corrected chi connectivity index (χ3v) is 4.42. The van der Waals surface area contributed by atoms with Gasteiger partial charge in [0.25, 0.3) is 5.91 Å². The highest BCUT2D eigenvalue weighted by Gasteiger charge is 2.34. The topological polar surface area (TPSA) is 93.5 Å². The monoisotopic (exact) mass is 321 g/mol. The fraction of sp³-hybridized carbons (Fsp3) is 0.688. The highest BCUT2D eigenvalue weighted by atomic mass is 16.5. The smallest absolute Gasteiger partial charge is 0.328 e. The van der Waals surface area contributed by atoms with E-state index in [1.807, 2.05) is 0 Å². The molecule has 2 heterocycles. The summed E-state index contributed by atoms with van der Waals surface area (Å²) in [4.78, 5) is 24.6. The molecule has 1 aromatic rings. The van der Waals surface area contributed by atoms with Gasteiger partial charge in [-0.2, -0.15) is 0 Å². The summed E-state index contributed by atoms with van der Waals surface area (Å²) >= 11 is 0. The van der Waals surface area contributed by atoms with Crippen molar-refractivity contribution < 1.29 is 18.8 Å². The average molecular weight is 321 g/mol. The lowest BCUT2D eigenvalue weighted by atomic mass is 9.90. The Kier molecular flexibility index (Phi) is 4.95. The van der Waals surface area contributed by atoms with Crippen LogP contribution in [0.4, 0.5) is 0 Å². The van der Waals surface area contributed by atoms with Crippen molar-refractivity contribution in [2.24, 2.45) is 5.92 Å². The zero-order valence-electron chi connectivity index (χ0n) is 13.3. The van der Waals surface area contributed by atoms with Crippen LogP contribution in [0.25, 0.3) is 0 Å². The molecular weight excluding hydrogens is 298 g/mol. The van der Waals surface area contributed by atoms with E-state index < -0.39 is 6.04 Å². The molecule has 1 aliphatic carbocycles. The van der Waals surface area contributed by atoms with E-state index in [0.717, 1.165) is 44.5 Å². The van der Waals surface area contributed by atoms with E-state index in [1.165, 1.54) is 0 Å². The summed E-state index contributed by atoms with van der Waals surface area (Å²) < 4.78 is 10.3. The van der Waals surface area contributed by atoms with Crippen LogP contribution in [-0.4, -0.2) is 42.8 Å². The van der Waals surface area contributed by atoms with Gasteiger partial charge in [-0.15, -0.1) is 0 Å². The minimum atomic E-state index is -0.634. The molecule has 1 saturated carbocycles. The molecule has 7 nitrogen and oxygen atoms in total. The summed E-state index contributed by atoms with van der Waals surface area (Å²) in [5, 5.41) is 9.88. The Balaban J connectivity index is 1.67. The standard InChI is InChI=1S/C16H23N3O4/c1-2-22-16(21)14(11-5-7-17-8-6-11)18-15(20)12-9-13(23-19-12)10-3-4-10/h9-11,14,17H,2-8H2,1H3,(H,18,20). The number of nitrogens with zero attached hydrogens (tertiary/aromatic N) is 1. The first-order chi connectivity index (χ1) is 11.2. The number of amides is 1. The van der Waals surface area contributed by atoms with Crippen molar-refractivity contribution in [3.8, 4) is 0 Å². The number of carbonyl (C=O) groups excluding carboxylic acids is 2. The van der Waals surface area contributed by atoms with Crippen molar-refractivity contribution in [1.29, 1.82) is 0 Å². The first-order valence-corrected chi connectivity index (χ1v) is 8.34. The summed E-state index contributed by atoms with van der Waals surface area (Å²) in [5.74, 6) is 0.476. The van der Waals surface area contributed by atoms with Crippen LogP contribution in [0.2, 0.25) is 0 Å². The molecule has 0 aromatic carbocycles. The highest BCUT2D eigenvalue weighted by molar-refractivity contribution is 5.95. The largest absolute Gasteiger partial charge is 0.464 e. The number of hydrogen-bond donors (Lipinski definition) is 2. The van der Waals surface area contributed by atoms with Gasteiger partial charge in [0, 0.05) is 12.0 Å². The van der Waals surface area contributed by atoms with Crippen molar-refractivity contribution in [3.63, 3.8) is 0 Å². The summed E-state index contributed by atoms with van der Waals surface area (Å²) in [6.45, 7) is 3.74. The van der Waals surface area contributed by atoms with Gasteiger partial charge in [-0.25, -0.2) is 4.79 Å². The molecule has 1 atom stereocenters. The van der Waals surface area contributed by atoms with Gasteiger partial charge in [0.1, 0.15) is 11.8 Å². The van der Waals surface area contributed by atoms with E-state index in [-0.39, 0.29) is 23.5 Å². The minimum absolute atomic E-state index is 0.0778. The lowest BCUT2D eigenvalue weighted by molar-refractivity contribution is -0.147. The van der Waals surface area contributed by atoms with Crippen molar-refractivity contribution in [1.82, 2.24) is 15.8 Å². The van der Waals surface area contributed by atoms with Gasteiger partial charge < -0.3 is 19.9 Å². The molecule has 126 valence electrons. The Hall–Kier alpha value is -1.89. The second kappa shape index (κ2) is 7.12. The zero-order valence-corrected chi connectivity index (χ0v) is 13.3. The molecule has 1 amide bonds. The minimum Gasteiger partial charge on any atom is -0.464 e. The van der Waals surface area contributed by atoms with Crippen molar-refractivity contribution in [3.05, 3.63) is 17.5 Å². The molecule has 2 N–H and O–H groups in total. The number of esters is 1. The molecule has 2 fully saturated rings. The predicted octanol–water partition coefficient (Wildman–Crippen LogP) is 1.21.